The van der Waals surface area contributed by atoms with Crippen LogP contribution < -0.4 is 9.47 Å². The molecule has 0 bridgehead atoms. The molecule has 26 heavy (non-hydrogen) atoms. The number of hydrogen-bond donors (Lipinski definition) is 0. The molecular formula is C18H26O7S. The van der Waals surface area contributed by atoms with Crippen molar-refractivity contribution < 1.29 is 32.2 Å². The predicted molar refractivity (Wildman–Crippen MR) is 96.3 cm³/mol. The minimum Gasteiger partial charge on any atom is -0.497 e. The highest BCUT2D eigenvalue weighted by molar-refractivity contribution is 7.91. The first kappa shape index (κ1) is 20.5. The second-order valence-electron chi connectivity index (χ2n) is 6.35. The molecule has 0 radical (unpaired) electrons. The van der Waals surface area contributed by atoms with Crippen molar-refractivity contribution in [2.75, 3.05) is 45.5 Å². The number of hydrogen-bond acceptors (Lipinski definition) is 7. The topological polar surface area (TPSA) is 88.1 Å². The molecule has 0 amide bonds. The molecule has 0 saturated carbocycles. The molecule has 0 aliphatic carbocycles. The van der Waals surface area contributed by atoms with Crippen molar-refractivity contribution in [2.24, 2.45) is 5.41 Å². The first-order chi connectivity index (χ1) is 12.4. The normalized spacial score (nSPS) is 16.7. The Morgan fingerprint density at radius 3 is 2.31 bits per heavy atom. The average molecular weight is 386 g/mol. The summed E-state index contributed by atoms with van der Waals surface area (Å²) in [6, 6.07) is 7.08. The smallest absolute Gasteiger partial charge is 0.313 e. The number of methoxy groups -OCH3 is 2. The van der Waals surface area contributed by atoms with Crippen LogP contribution in [0.25, 0.3) is 0 Å². The minimum atomic E-state index is -3.42. The van der Waals surface area contributed by atoms with Gasteiger partial charge in [0.05, 0.1) is 37.7 Å². The van der Waals surface area contributed by atoms with Gasteiger partial charge in [-0.1, -0.05) is 0 Å². The Morgan fingerprint density at radius 2 is 1.73 bits per heavy atom. The summed E-state index contributed by atoms with van der Waals surface area (Å²) in [5, 5.41) is 0. The number of carbonyl (C=O) groups is 1. The molecule has 1 fully saturated rings. The molecule has 0 unspecified atom stereocenters. The third-order valence-electron chi connectivity index (χ3n) is 4.49. The van der Waals surface area contributed by atoms with Crippen molar-refractivity contribution in [3.63, 3.8) is 0 Å². The number of carbonyl (C=O) groups excluding carboxylic acids is 1. The average Bonchev–Trinajstić information content (AvgIpc) is 2.65. The zero-order valence-electron chi connectivity index (χ0n) is 15.2. The molecule has 1 aromatic carbocycles. The lowest BCUT2D eigenvalue weighted by Crippen LogP contribution is -2.44. The maximum absolute atomic E-state index is 12.5. The first-order valence-corrected chi connectivity index (χ1v) is 10.4. The van der Waals surface area contributed by atoms with Gasteiger partial charge >= 0.3 is 5.97 Å². The number of ether oxygens (including phenoxy) is 4. The van der Waals surface area contributed by atoms with Gasteiger partial charge in [-0.2, -0.15) is 0 Å². The number of benzene rings is 1. The zero-order chi connectivity index (χ0) is 19.0. The van der Waals surface area contributed by atoms with Crippen LogP contribution in [0.1, 0.15) is 19.3 Å². The van der Waals surface area contributed by atoms with Gasteiger partial charge < -0.3 is 18.9 Å². The van der Waals surface area contributed by atoms with Gasteiger partial charge in [-0.3, -0.25) is 4.79 Å². The van der Waals surface area contributed by atoms with Crippen molar-refractivity contribution in [1.82, 2.24) is 0 Å². The number of rotatable bonds is 9. The molecule has 0 aromatic heterocycles. The summed E-state index contributed by atoms with van der Waals surface area (Å²) in [5.74, 6) is 0.656. The van der Waals surface area contributed by atoms with E-state index < -0.39 is 21.2 Å². The van der Waals surface area contributed by atoms with Crippen LogP contribution in [0.15, 0.2) is 24.3 Å². The van der Waals surface area contributed by atoms with Gasteiger partial charge in [-0.15, -0.1) is 0 Å². The molecule has 0 atom stereocenters. The van der Waals surface area contributed by atoms with Crippen LogP contribution in [0.3, 0.4) is 0 Å². The highest BCUT2D eigenvalue weighted by atomic mass is 32.2. The van der Waals surface area contributed by atoms with E-state index in [0.717, 1.165) is 5.75 Å². The number of sulfone groups is 1. The molecule has 8 heteroatoms. The van der Waals surface area contributed by atoms with Crippen LogP contribution in [-0.4, -0.2) is 59.9 Å². The fourth-order valence-corrected chi connectivity index (χ4v) is 4.97. The lowest BCUT2D eigenvalue weighted by Gasteiger charge is -2.33. The van der Waals surface area contributed by atoms with Gasteiger partial charge in [0.25, 0.3) is 0 Å². The van der Waals surface area contributed by atoms with Gasteiger partial charge in [-0.25, -0.2) is 8.42 Å². The third-order valence-corrected chi connectivity index (χ3v) is 6.40. The molecule has 1 aliphatic rings. The second-order valence-corrected chi connectivity index (χ2v) is 8.54. The van der Waals surface area contributed by atoms with E-state index in [2.05, 4.69) is 0 Å². The molecule has 2 rings (SSSR count). The lowest BCUT2D eigenvalue weighted by atomic mass is 9.82. The summed E-state index contributed by atoms with van der Waals surface area (Å²) >= 11 is 0. The van der Waals surface area contributed by atoms with Crippen molar-refractivity contribution >= 4 is 15.8 Å². The molecule has 1 aromatic rings. The van der Waals surface area contributed by atoms with E-state index in [1.807, 2.05) is 0 Å². The molecule has 1 saturated heterocycles. The SMILES string of the molecule is COC(=O)C1(CS(=O)(=O)CCCOc2ccc(OC)cc2)CCOCC1. The third kappa shape index (κ3) is 5.60. The Labute approximate surface area is 154 Å². The zero-order valence-corrected chi connectivity index (χ0v) is 16.0. The summed E-state index contributed by atoms with van der Waals surface area (Å²) in [5.41, 5.74) is -0.997. The Bertz CT molecular complexity index is 676. The first-order valence-electron chi connectivity index (χ1n) is 8.54. The van der Waals surface area contributed by atoms with Crippen LogP contribution in [-0.2, 0) is 24.1 Å². The van der Waals surface area contributed by atoms with Crippen LogP contribution in [0.2, 0.25) is 0 Å². The summed E-state index contributed by atoms with van der Waals surface area (Å²) < 4.78 is 45.7. The largest absolute Gasteiger partial charge is 0.497 e. The van der Waals surface area contributed by atoms with Crippen LogP contribution in [0, 0.1) is 5.41 Å². The van der Waals surface area contributed by atoms with E-state index in [1.54, 1.807) is 31.4 Å². The summed E-state index contributed by atoms with van der Waals surface area (Å²) in [4.78, 5) is 12.2. The minimum absolute atomic E-state index is 0.0389. The molecular weight excluding hydrogens is 360 g/mol. The van der Waals surface area contributed by atoms with Crippen molar-refractivity contribution in [2.45, 2.75) is 19.3 Å². The lowest BCUT2D eigenvalue weighted by molar-refractivity contribution is -0.156. The Morgan fingerprint density at radius 1 is 1.12 bits per heavy atom. The van der Waals surface area contributed by atoms with E-state index >= 15 is 0 Å². The van der Waals surface area contributed by atoms with Crippen LogP contribution in [0.5, 0.6) is 11.5 Å². The van der Waals surface area contributed by atoms with Gasteiger partial charge in [0.15, 0.2) is 9.84 Å². The van der Waals surface area contributed by atoms with Crippen molar-refractivity contribution in [3.05, 3.63) is 24.3 Å². The highest BCUT2D eigenvalue weighted by Crippen LogP contribution is 2.34. The predicted octanol–water partition coefficient (Wildman–Crippen LogP) is 1.85. The summed E-state index contributed by atoms with van der Waals surface area (Å²) in [6.45, 7) is 1.01. The van der Waals surface area contributed by atoms with Gasteiger partial charge in [0, 0.05) is 13.2 Å². The van der Waals surface area contributed by atoms with E-state index in [1.165, 1.54) is 7.11 Å². The molecule has 7 nitrogen and oxygen atoms in total. The second kappa shape index (κ2) is 9.23. The standard InChI is InChI=1S/C18H26O7S/c1-22-15-4-6-16(7-5-15)25-10-3-13-26(20,21)14-18(17(19)23-2)8-11-24-12-9-18/h4-7H,3,8-14H2,1-2H3. The fraction of sp³-hybridized carbons (Fsp3) is 0.611. The molecule has 1 heterocycles. The summed E-state index contributed by atoms with van der Waals surface area (Å²) in [7, 11) is -0.546. The van der Waals surface area contributed by atoms with Gasteiger partial charge in [0.1, 0.15) is 11.5 Å². The van der Waals surface area contributed by atoms with Crippen molar-refractivity contribution in [1.29, 1.82) is 0 Å². The summed E-state index contributed by atoms with van der Waals surface area (Å²) in [6.07, 6.45) is 1.07. The maximum atomic E-state index is 12.5. The molecule has 1 aliphatic heterocycles. The van der Waals surface area contributed by atoms with E-state index in [0.29, 0.717) is 38.2 Å². The van der Waals surface area contributed by atoms with Crippen LogP contribution >= 0.6 is 0 Å². The molecule has 146 valence electrons. The van der Waals surface area contributed by atoms with E-state index in [9.17, 15) is 13.2 Å². The van der Waals surface area contributed by atoms with Gasteiger partial charge in [0.2, 0.25) is 0 Å². The quantitative estimate of drug-likeness (QED) is 0.473. The fourth-order valence-electron chi connectivity index (χ4n) is 3.02. The van der Waals surface area contributed by atoms with Crippen LogP contribution in [0.4, 0.5) is 0 Å². The van der Waals surface area contributed by atoms with E-state index in [-0.39, 0.29) is 18.1 Å². The monoisotopic (exact) mass is 386 g/mol. The van der Waals surface area contributed by atoms with Crippen molar-refractivity contribution in [3.8, 4) is 11.5 Å². The highest BCUT2D eigenvalue weighted by Gasteiger charge is 2.44. The Kier molecular flexibility index (Phi) is 7.28. The van der Waals surface area contributed by atoms with Gasteiger partial charge in [-0.05, 0) is 43.5 Å². The Hall–Kier alpha value is -1.80. The maximum Gasteiger partial charge on any atom is 0.313 e. The Balaban J connectivity index is 1.85. The molecule has 0 spiro atoms. The number of esters is 1. The van der Waals surface area contributed by atoms with E-state index in [4.69, 9.17) is 18.9 Å². The molecule has 0 N–H and O–H groups in total.